The normalized spacial score (nSPS) is 29.6. The molecule has 0 amide bonds. The summed E-state index contributed by atoms with van der Waals surface area (Å²) in [6.45, 7) is 6.31. The van der Waals surface area contributed by atoms with Gasteiger partial charge in [0.2, 0.25) is 0 Å². The Balaban J connectivity index is 1.78. The summed E-state index contributed by atoms with van der Waals surface area (Å²) < 4.78 is 0. The number of hydrogen-bond donors (Lipinski definition) is 1. The minimum absolute atomic E-state index is 0.742. The Bertz CT molecular complexity index is 211. The standard InChI is InChI=1S/C15H30N2/c1-3-13-9-10-17(11-13)12-15(16-2)14-7-5-4-6-8-14/h13-16H,3-12H2,1-2H3. The molecule has 2 nitrogen and oxygen atoms in total. The van der Waals surface area contributed by atoms with Gasteiger partial charge in [-0.2, -0.15) is 0 Å². The smallest absolute Gasteiger partial charge is 0.0220 e. The van der Waals surface area contributed by atoms with Gasteiger partial charge in [-0.05, 0) is 44.7 Å². The van der Waals surface area contributed by atoms with E-state index in [2.05, 4.69) is 24.2 Å². The van der Waals surface area contributed by atoms with Gasteiger partial charge in [0, 0.05) is 19.1 Å². The van der Waals surface area contributed by atoms with E-state index in [1.165, 1.54) is 64.6 Å². The van der Waals surface area contributed by atoms with Crippen LogP contribution in [0.4, 0.5) is 0 Å². The third-order valence-corrected chi connectivity index (χ3v) is 4.99. The van der Waals surface area contributed by atoms with Crippen molar-refractivity contribution in [1.82, 2.24) is 10.2 Å². The van der Waals surface area contributed by atoms with E-state index in [1.807, 2.05) is 0 Å². The number of hydrogen-bond acceptors (Lipinski definition) is 2. The van der Waals surface area contributed by atoms with Gasteiger partial charge in [-0.1, -0.05) is 32.6 Å². The molecule has 2 rings (SSSR count). The zero-order valence-electron chi connectivity index (χ0n) is 11.8. The highest BCUT2D eigenvalue weighted by atomic mass is 15.2. The minimum Gasteiger partial charge on any atom is -0.315 e. The maximum atomic E-state index is 3.59. The molecule has 2 atom stereocenters. The van der Waals surface area contributed by atoms with Gasteiger partial charge in [0.15, 0.2) is 0 Å². The largest absolute Gasteiger partial charge is 0.315 e. The summed E-state index contributed by atoms with van der Waals surface area (Å²) >= 11 is 0. The van der Waals surface area contributed by atoms with Crippen LogP contribution in [-0.4, -0.2) is 37.6 Å². The first-order valence-electron chi connectivity index (χ1n) is 7.73. The third kappa shape index (κ3) is 3.69. The molecule has 2 fully saturated rings. The van der Waals surface area contributed by atoms with Crippen molar-refractivity contribution in [3.63, 3.8) is 0 Å². The van der Waals surface area contributed by atoms with Crippen molar-refractivity contribution in [2.45, 2.75) is 57.9 Å². The van der Waals surface area contributed by atoms with Crippen LogP contribution in [0, 0.1) is 11.8 Å². The van der Waals surface area contributed by atoms with E-state index < -0.39 is 0 Å². The van der Waals surface area contributed by atoms with Gasteiger partial charge in [-0.3, -0.25) is 0 Å². The maximum Gasteiger partial charge on any atom is 0.0220 e. The summed E-state index contributed by atoms with van der Waals surface area (Å²) in [5, 5.41) is 3.59. The predicted molar refractivity (Wildman–Crippen MR) is 74.3 cm³/mol. The lowest BCUT2D eigenvalue weighted by molar-refractivity contribution is 0.208. The van der Waals surface area contributed by atoms with Crippen LogP contribution < -0.4 is 5.32 Å². The van der Waals surface area contributed by atoms with Gasteiger partial charge < -0.3 is 10.2 Å². The van der Waals surface area contributed by atoms with Crippen molar-refractivity contribution in [3.05, 3.63) is 0 Å². The summed E-state index contributed by atoms with van der Waals surface area (Å²) in [6.07, 6.45) is 10.1. The fourth-order valence-electron chi connectivity index (χ4n) is 3.70. The van der Waals surface area contributed by atoms with Crippen LogP contribution in [0.5, 0.6) is 0 Å². The zero-order chi connectivity index (χ0) is 12.1. The lowest BCUT2D eigenvalue weighted by Gasteiger charge is -2.33. The van der Waals surface area contributed by atoms with Crippen molar-refractivity contribution in [1.29, 1.82) is 0 Å². The Hall–Kier alpha value is -0.0800. The highest BCUT2D eigenvalue weighted by molar-refractivity contribution is 4.84. The molecule has 2 heteroatoms. The molecule has 2 aliphatic rings. The van der Waals surface area contributed by atoms with Crippen molar-refractivity contribution in [2.75, 3.05) is 26.7 Å². The molecule has 1 aliphatic carbocycles. The molecule has 100 valence electrons. The number of likely N-dealkylation sites (N-methyl/N-ethyl adjacent to an activating group) is 1. The van der Waals surface area contributed by atoms with E-state index in [-0.39, 0.29) is 0 Å². The molecule has 1 saturated carbocycles. The second-order valence-corrected chi connectivity index (χ2v) is 6.12. The van der Waals surface area contributed by atoms with E-state index in [1.54, 1.807) is 0 Å². The molecule has 0 aromatic heterocycles. The first kappa shape index (κ1) is 13.4. The summed E-state index contributed by atoms with van der Waals surface area (Å²) in [6, 6.07) is 0.742. The minimum atomic E-state index is 0.742. The highest BCUT2D eigenvalue weighted by Gasteiger charge is 2.27. The van der Waals surface area contributed by atoms with Gasteiger partial charge in [-0.15, -0.1) is 0 Å². The molecule has 1 saturated heterocycles. The van der Waals surface area contributed by atoms with Crippen LogP contribution in [0.2, 0.25) is 0 Å². The quantitative estimate of drug-likeness (QED) is 0.792. The van der Waals surface area contributed by atoms with Gasteiger partial charge in [0.25, 0.3) is 0 Å². The van der Waals surface area contributed by atoms with Crippen LogP contribution in [0.25, 0.3) is 0 Å². The summed E-state index contributed by atoms with van der Waals surface area (Å²) in [5.41, 5.74) is 0. The van der Waals surface area contributed by atoms with E-state index in [0.29, 0.717) is 0 Å². The van der Waals surface area contributed by atoms with Crippen LogP contribution in [0.3, 0.4) is 0 Å². The van der Waals surface area contributed by atoms with Crippen LogP contribution in [0.1, 0.15) is 51.9 Å². The van der Waals surface area contributed by atoms with E-state index >= 15 is 0 Å². The molecule has 0 aromatic rings. The lowest BCUT2D eigenvalue weighted by atomic mass is 9.83. The Labute approximate surface area is 107 Å². The van der Waals surface area contributed by atoms with E-state index in [4.69, 9.17) is 0 Å². The average Bonchev–Trinajstić information content (AvgIpc) is 2.84. The Kier molecular flexibility index (Phi) is 5.30. The van der Waals surface area contributed by atoms with E-state index in [0.717, 1.165) is 17.9 Å². The average molecular weight is 238 g/mol. The van der Waals surface area contributed by atoms with Gasteiger partial charge >= 0.3 is 0 Å². The Morgan fingerprint density at radius 2 is 1.94 bits per heavy atom. The van der Waals surface area contributed by atoms with Crippen LogP contribution in [-0.2, 0) is 0 Å². The van der Waals surface area contributed by atoms with Crippen molar-refractivity contribution in [2.24, 2.45) is 11.8 Å². The topological polar surface area (TPSA) is 15.3 Å². The van der Waals surface area contributed by atoms with Crippen molar-refractivity contribution >= 4 is 0 Å². The van der Waals surface area contributed by atoms with Gasteiger partial charge in [-0.25, -0.2) is 0 Å². The molecule has 0 spiro atoms. The Morgan fingerprint density at radius 3 is 2.53 bits per heavy atom. The fraction of sp³-hybridized carbons (Fsp3) is 1.00. The summed E-state index contributed by atoms with van der Waals surface area (Å²) in [7, 11) is 2.16. The monoisotopic (exact) mass is 238 g/mol. The SMILES string of the molecule is CCC1CCN(CC(NC)C2CCCCC2)C1. The van der Waals surface area contributed by atoms with Crippen LogP contribution >= 0.6 is 0 Å². The first-order chi connectivity index (χ1) is 8.33. The van der Waals surface area contributed by atoms with Crippen molar-refractivity contribution in [3.8, 4) is 0 Å². The van der Waals surface area contributed by atoms with Gasteiger partial charge in [0.1, 0.15) is 0 Å². The number of likely N-dealkylation sites (tertiary alicyclic amines) is 1. The molecule has 2 unspecified atom stereocenters. The molecule has 1 N–H and O–H groups in total. The molecule has 1 aliphatic heterocycles. The zero-order valence-corrected chi connectivity index (χ0v) is 11.8. The third-order valence-electron chi connectivity index (χ3n) is 4.99. The Morgan fingerprint density at radius 1 is 1.18 bits per heavy atom. The highest BCUT2D eigenvalue weighted by Crippen LogP contribution is 2.28. The molecule has 17 heavy (non-hydrogen) atoms. The summed E-state index contributed by atoms with van der Waals surface area (Å²) in [4.78, 5) is 2.70. The molecule has 1 heterocycles. The molecular formula is C15H30N2. The molecule has 0 bridgehead atoms. The maximum absolute atomic E-state index is 3.59. The molecular weight excluding hydrogens is 208 g/mol. The van der Waals surface area contributed by atoms with E-state index in [9.17, 15) is 0 Å². The predicted octanol–water partition coefficient (Wildman–Crippen LogP) is 2.89. The first-order valence-corrected chi connectivity index (χ1v) is 7.73. The van der Waals surface area contributed by atoms with Crippen LogP contribution in [0.15, 0.2) is 0 Å². The van der Waals surface area contributed by atoms with Gasteiger partial charge in [0.05, 0.1) is 0 Å². The second kappa shape index (κ2) is 6.75. The molecule has 0 aromatic carbocycles. The second-order valence-electron chi connectivity index (χ2n) is 6.12. The number of rotatable bonds is 5. The number of nitrogens with one attached hydrogen (secondary N) is 1. The number of nitrogens with zero attached hydrogens (tertiary/aromatic N) is 1. The van der Waals surface area contributed by atoms with Crippen molar-refractivity contribution < 1.29 is 0 Å². The summed E-state index contributed by atoms with van der Waals surface area (Å²) in [5.74, 6) is 1.91. The molecule has 0 radical (unpaired) electrons. The lowest BCUT2D eigenvalue weighted by Crippen LogP contribution is -2.44. The fourth-order valence-corrected chi connectivity index (χ4v) is 3.70.